The minimum Gasteiger partial charge on any atom is -0.387 e. The standard InChI is InChI=1S/C65H111N2O6P/c1-6-8-10-12-14-16-18-19-20-21-22-23-24-25-26-27-28-29-30-31-32-33-34-35-36-37-38-39-40-41-42-43-44-45-46-47-49-51-53-55-57-59-65(69)66-63(62-73-74(70,71)72-61-60-67(3,4)5)64(68)58-56-54-52-50-48-17-15-13-11-9-7-2/h8,10-11,13-14,16,19-20,22-23,25-26,28-29,31-32,34-35,48,50,56,58,63-64,68H,6-7,9,12,15,17-18,21,24,27,30,33,36-47,49,51-55,57,59-62H2,1-5H3,(H-,66,69,70,71)/p+1/b10-8-,13-11+,16-14-,20-19-,23-22-,26-25-,29-28-,32-31-,35-34-,50-48+,58-56+. The van der Waals surface area contributed by atoms with Crippen molar-refractivity contribution in [2.75, 3.05) is 40.9 Å². The number of carbonyl (C=O) groups excluding carboxylic acids is 1. The van der Waals surface area contributed by atoms with Gasteiger partial charge in [0.2, 0.25) is 5.91 Å². The SMILES string of the molecule is CC/C=C\C/C=C\C/C=C\C/C=C\C/C=C\C/C=C\C/C=C\C/C=C\CCCCCCCCCCCCCCCCCCC(=O)NC(COP(=O)(O)OCC[N+](C)(C)C)C(O)/C=C/CC/C=C/CC/C=C/CCC. The summed E-state index contributed by atoms with van der Waals surface area (Å²) in [6, 6.07) is -0.875. The van der Waals surface area contributed by atoms with Gasteiger partial charge >= 0.3 is 7.82 Å². The largest absolute Gasteiger partial charge is 0.472 e. The Labute approximate surface area is 456 Å². The van der Waals surface area contributed by atoms with Crippen molar-refractivity contribution < 1.29 is 32.9 Å². The summed E-state index contributed by atoms with van der Waals surface area (Å²) in [6.45, 7) is 4.58. The van der Waals surface area contributed by atoms with Gasteiger partial charge in [0.05, 0.1) is 39.9 Å². The zero-order valence-corrected chi connectivity index (χ0v) is 48.9. The summed E-state index contributed by atoms with van der Waals surface area (Å²) in [5.41, 5.74) is 0. The third-order valence-electron chi connectivity index (χ3n) is 12.3. The van der Waals surface area contributed by atoms with E-state index in [2.05, 4.69) is 141 Å². The van der Waals surface area contributed by atoms with Gasteiger partial charge in [0.25, 0.3) is 0 Å². The van der Waals surface area contributed by atoms with Crippen LogP contribution in [0.4, 0.5) is 0 Å². The van der Waals surface area contributed by atoms with Gasteiger partial charge in [0.1, 0.15) is 13.2 Å². The molecule has 0 aliphatic heterocycles. The van der Waals surface area contributed by atoms with Crippen molar-refractivity contribution >= 4 is 13.7 Å². The number of hydrogen-bond donors (Lipinski definition) is 3. The lowest BCUT2D eigenvalue weighted by Crippen LogP contribution is -2.45. The Morgan fingerprint density at radius 2 is 0.824 bits per heavy atom. The highest BCUT2D eigenvalue weighted by Gasteiger charge is 2.27. The highest BCUT2D eigenvalue weighted by atomic mass is 31.2. The van der Waals surface area contributed by atoms with Crippen LogP contribution in [0, 0.1) is 0 Å². The molecule has 0 aliphatic carbocycles. The molecule has 0 fully saturated rings. The number of hydrogen-bond acceptors (Lipinski definition) is 5. The average molecular weight is 1050 g/mol. The molecular weight excluding hydrogens is 936 g/mol. The summed E-state index contributed by atoms with van der Waals surface area (Å²) in [5, 5.41) is 13.8. The van der Waals surface area contributed by atoms with Crippen molar-refractivity contribution in [3.63, 3.8) is 0 Å². The van der Waals surface area contributed by atoms with Crippen molar-refractivity contribution in [2.45, 2.75) is 231 Å². The van der Waals surface area contributed by atoms with Crippen LogP contribution in [0.5, 0.6) is 0 Å². The molecule has 3 unspecified atom stereocenters. The molecule has 422 valence electrons. The summed E-state index contributed by atoms with van der Waals surface area (Å²) in [7, 11) is 1.53. The Kier molecular flexibility index (Phi) is 52.0. The summed E-state index contributed by atoms with van der Waals surface area (Å²) < 4.78 is 23.6. The fourth-order valence-electron chi connectivity index (χ4n) is 7.74. The van der Waals surface area contributed by atoms with Gasteiger partial charge in [0.15, 0.2) is 0 Å². The molecule has 1 amide bonds. The van der Waals surface area contributed by atoms with Crippen LogP contribution >= 0.6 is 7.82 Å². The van der Waals surface area contributed by atoms with Crippen LogP contribution in [-0.4, -0.2) is 73.4 Å². The summed E-state index contributed by atoms with van der Waals surface area (Å²) in [4.78, 5) is 23.2. The molecule has 0 aliphatic rings. The van der Waals surface area contributed by atoms with E-state index < -0.39 is 20.0 Å². The molecule has 0 radical (unpaired) electrons. The predicted molar refractivity (Wildman–Crippen MR) is 322 cm³/mol. The molecule has 0 aromatic rings. The molecule has 0 heterocycles. The van der Waals surface area contributed by atoms with Crippen LogP contribution < -0.4 is 5.32 Å². The Hall–Kier alpha value is -3.36. The van der Waals surface area contributed by atoms with Gasteiger partial charge < -0.3 is 19.8 Å². The van der Waals surface area contributed by atoms with Gasteiger partial charge in [0, 0.05) is 6.42 Å². The zero-order chi connectivity index (χ0) is 54.2. The minimum atomic E-state index is -4.36. The second kappa shape index (κ2) is 54.4. The van der Waals surface area contributed by atoms with Crippen LogP contribution in [0.25, 0.3) is 0 Å². The fourth-order valence-corrected chi connectivity index (χ4v) is 8.48. The lowest BCUT2D eigenvalue weighted by atomic mass is 10.0. The Morgan fingerprint density at radius 3 is 1.23 bits per heavy atom. The molecule has 0 spiro atoms. The van der Waals surface area contributed by atoms with Crippen LogP contribution in [0.15, 0.2) is 134 Å². The van der Waals surface area contributed by atoms with Gasteiger partial charge in [-0.15, -0.1) is 0 Å². The maximum atomic E-state index is 12.9. The maximum absolute atomic E-state index is 12.9. The molecule has 74 heavy (non-hydrogen) atoms. The van der Waals surface area contributed by atoms with Crippen molar-refractivity contribution in [2.24, 2.45) is 0 Å². The number of unbranched alkanes of at least 4 members (excludes halogenated alkanes) is 19. The molecule has 3 N–H and O–H groups in total. The zero-order valence-electron chi connectivity index (χ0n) is 48.0. The van der Waals surface area contributed by atoms with Crippen molar-refractivity contribution in [3.05, 3.63) is 134 Å². The monoisotopic (exact) mass is 1050 g/mol. The lowest BCUT2D eigenvalue weighted by Gasteiger charge is -2.25. The first kappa shape index (κ1) is 70.6. The van der Waals surface area contributed by atoms with Crippen molar-refractivity contribution in [3.8, 4) is 0 Å². The normalized spacial score (nSPS) is 14.9. The van der Waals surface area contributed by atoms with E-state index in [9.17, 15) is 19.4 Å². The highest BCUT2D eigenvalue weighted by Crippen LogP contribution is 2.43. The van der Waals surface area contributed by atoms with E-state index in [1.165, 1.54) is 96.3 Å². The number of phosphoric ester groups is 1. The van der Waals surface area contributed by atoms with Gasteiger partial charge in [-0.3, -0.25) is 13.8 Å². The molecule has 0 rings (SSSR count). The van der Waals surface area contributed by atoms with E-state index in [-0.39, 0.29) is 19.1 Å². The molecule has 8 nitrogen and oxygen atoms in total. The number of carbonyl (C=O) groups is 1. The number of quaternary nitrogens is 1. The molecule has 0 saturated heterocycles. The van der Waals surface area contributed by atoms with E-state index in [1.54, 1.807) is 6.08 Å². The number of phosphoric acid groups is 1. The predicted octanol–water partition coefficient (Wildman–Crippen LogP) is 18.3. The second-order valence-electron chi connectivity index (χ2n) is 20.6. The molecule has 3 atom stereocenters. The second-order valence-corrected chi connectivity index (χ2v) is 22.1. The summed E-state index contributed by atoms with van der Waals surface area (Å²) >= 11 is 0. The number of likely N-dealkylation sites (N-methyl/N-ethyl adjacent to an activating group) is 1. The highest BCUT2D eigenvalue weighted by molar-refractivity contribution is 7.47. The number of aliphatic hydroxyl groups excluding tert-OH is 1. The first-order chi connectivity index (χ1) is 36.0. The number of amides is 1. The average Bonchev–Trinajstić information content (AvgIpc) is 3.36. The van der Waals surface area contributed by atoms with Crippen LogP contribution in [0.3, 0.4) is 0 Å². The van der Waals surface area contributed by atoms with Crippen LogP contribution in [0.1, 0.15) is 219 Å². The third-order valence-corrected chi connectivity index (χ3v) is 13.3. The lowest BCUT2D eigenvalue weighted by molar-refractivity contribution is -0.870. The Bertz CT molecular complexity index is 1660. The van der Waals surface area contributed by atoms with E-state index in [4.69, 9.17) is 9.05 Å². The number of rotatable bonds is 52. The van der Waals surface area contributed by atoms with E-state index >= 15 is 0 Å². The molecule has 0 bridgehead atoms. The first-order valence-electron chi connectivity index (χ1n) is 29.6. The number of nitrogens with one attached hydrogen (secondary N) is 1. The molecule has 0 aromatic carbocycles. The Balaban J connectivity index is 3.97. The van der Waals surface area contributed by atoms with Crippen molar-refractivity contribution in [1.29, 1.82) is 0 Å². The first-order valence-corrected chi connectivity index (χ1v) is 31.1. The number of allylic oxidation sites excluding steroid dienone is 21. The molecular formula is C65H112N2O6P+. The molecule has 0 saturated carbocycles. The van der Waals surface area contributed by atoms with Gasteiger partial charge in [-0.05, 0) is 103 Å². The molecule has 9 heteroatoms. The third kappa shape index (κ3) is 56.4. The Morgan fingerprint density at radius 1 is 0.473 bits per heavy atom. The molecule has 0 aromatic heterocycles. The summed E-state index contributed by atoms with van der Waals surface area (Å²) in [5.74, 6) is -0.197. The summed E-state index contributed by atoms with van der Waals surface area (Å²) in [6.07, 6.45) is 83.0. The van der Waals surface area contributed by atoms with Crippen LogP contribution in [-0.2, 0) is 18.4 Å². The quantitative estimate of drug-likeness (QED) is 0.0243. The van der Waals surface area contributed by atoms with Crippen LogP contribution in [0.2, 0.25) is 0 Å². The van der Waals surface area contributed by atoms with Gasteiger partial charge in [-0.1, -0.05) is 244 Å². The minimum absolute atomic E-state index is 0.0485. The topological polar surface area (TPSA) is 105 Å². The smallest absolute Gasteiger partial charge is 0.387 e. The van der Waals surface area contributed by atoms with E-state index in [1.807, 2.05) is 27.2 Å². The van der Waals surface area contributed by atoms with Gasteiger partial charge in [-0.2, -0.15) is 0 Å². The van der Waals surface area contributed by atoms with E-state index in [0.717, 1.165) is 103 Å². The number of nitrogens with zero attached hydrogens (tertiary/aromatic N) is 1. The number of aliphatic hydroxyl groups is 1. The van der Waals surface area contributed by atoms with Gasteiger partial charge in [-0.25, -0.2) is 4.57 Å². The maximum Gasteiger partial charge on any atom is 0.472 e. The van der Waals surface area contributed by atoms with Crippen molar-refractivity contribution in [1.82, 2.24) is 5.32 Å². The van der Waals surface area contributed by atoms with E-state index in [0.29, 0.717) is 17.4 Å². The fraction of sp³-hybridized carbons (Fsp3) is 0.646.